The molecule has 0 unspecified atom stereocenters. The molecule has 0 aliphatic carbocycles. The molecule has 1 aliphatic heterocycles. The smallest absolute Gasteiger partial charge is 0.194 e. The Balaban J connectivity index is 0.00000280. The summed E-state index contributed by atoms with van der Waals surface area (Å²) in [5, 5.41) is 7.24. The van der Waals surface area contributed by atoms with Gasteiger partial charge < -0.3 is 14.7 Å². The summed E-state index contributed by atoms with van der Waals surface area (Å²) in [6, 6.07) is 5.41. The Morgan fingerprint density at radius 1 is 1.21 bits per heavy atom. The first kappa shape index (κ1) is 22.5. The number of nitrogens with zero attached hydrogens (tertiary/aromatic N) is 4. The van der Waals surface area contributed by atoms with Crippen LogP contribution in [0.3, 0.4) is 0 Å². The third-order valence-electron chi connectivity index (χ3n) is 4.53. The highest BCUT2D eigenvalue weighted by Gasteiger charge is 2.20. The van der Waals surface area contributed by atoms with Crippen molar-refractivity contribution in [2.24, 2.45) is 4.99 Å². The third kappa shape index (κ3) is 6.40. The van der Waals surface area contributed by atoms with Crippen molar-refractivity contribution < 1.29 is 13.3 Å². The lowest BCUT2D eigenvalue weighted by atomic mass is 10.1. The number of hydrogen-bond donors (Lipinski definition) is 1. The van der Waals surface area contributed by atoms with Crippen molar-refractivity contribution in [2.45, 2.75) is 19.9 Å². The molecule has 0 bridgehead atoms. The predicted octanol–water partition coefficient (Wildman–Crippen LogP) is 2.90. The van der Waals surface area contributed by atoms with Crippen molar-refractivity contribution in [3.63, 3.8) is 0 Å². The summed E-state index contributed by atoms with van der Waals surface area (Å²) < 4.78 is 31.9. The van der Waals surface area contributed by atoms with Crippen molar-refractivity contribution in [1.29, 1.82) is 0 Å². The molecule has 9 heteroatoms. The van der Waals surface area contributed by atoms with Gasteiger partial charge in [-0.15, -0.1) is 24.0 Å². The molecule has 1 saturated heterocycles. The summed E-state index contributed by atoms with van der Waals surface area (Å²) in [6.45, 7) is 7.44. The zero-order valence-corrected chi connectivity index (χ0v) is 18.2. The van der Waals surface area contributed by atoms with Crippen LogP contribution in [0, 0.1) is 11.6 Å². The Morgan fingerprint density at radius 2 is 2.00 bits per heavy atom. The fourth-order valence-electron chi connectivity index (χ4n) is 3.11. The minimum absolute atomic E-state index is 0. The van der Waals surface area contributed by atoms with Gasteiger partial charge in [-0.05, 0) is 37.1 Å². The van der Waals surface area contributed by atoms with Crippen LogP contribution in [-0.2, 0) is 13.0 Å². The first-order valence-electron chi connectivity index (χ1n) is 9.24. The molecule has 0 atom stereocenters. The fourth-order valence-corrected chi connectivity index (χ4v) is 3.11. The van der Waals surface area contributed by atoms with Gasteiger partial charge in [0.25, 0.3) is 0 Å². The van der Waals surface area contributed by atoms with Crippen LogP contribution in [0.1, 0.15) is 18.2 Å². The van der Waals surface area contributed by atoms with Gasteiger partial charge in [-0.25, -0.2) is 8.78 Å². The normalized spacial score (nSPS) is 15.4. The SMILES string of the molecule is CCNC(=NCCc1cc(F)ccc1F)N1CCN(Cc2ccon2)CC1.I. The van der Waals surface area contributed by atoms with Crippen LogP contribution in [0.15, 0.2) is 40.0 Å². The van der Waals surface area contributed by atoms with Crippen molar-refractivity contribution >= 4 is 29.9 Å². The van der Waals surface area contributed by atoms with E-state index < -0.39 is 11.6 Å². The van der Waals surface area contributed by atoms with E-state index in [1.807, 2.05) is 13.0 Å². The molecule has 1 N–H and O–H groups in total. The summed E-state index contributed by atoms with van der Waals surface area (Å²) in [5.74, 6) is -0.000936. The molecule has 3 rings (SSSR count). The number of rotatable bonds is 6. The molecule has 6 nitrogen and oxygen atoms in total. The maximum Gasteiger partial charge on any atom is 0.194 e. The van der Waals surface area contributed by atoms with Gasteiger partial charge in [0.1, 0.15) is 17.9 Å². The zero-order valence-electron chi connectivity index (χ0n) is 15.9. The van der Waals surface area contributed by atoms with E-state index in [2.05, 4.69) is 25.3 Å². The molecule has 0 spiro atoms. The average Bonchev–Trinajstić information content (AvgIpc) is 3.17. The van der Waals surface area contributed by atoms with Crippen molar-refractivity contribution in [2.75, 3.05) is 39.3 Å². The van der Waals surface area contributed by atoms with Crippen LogP contribution in [-0.4, -0.2) is 60.2 Å². The molecule has 1 fully saturated rings. The van der Waals surface area contributed by atoms with Gasteiger partial charge in [0.05, 0.1) is 5.69 Å². The molecule has 1 aromatic heterocycles. The van der Waals surface area contributed by atoms with Crippen LogP contribution in [0.5, 0.6) is 0 Å². The van der Waals surface area contributed by atoms with Crippen LogP contribution < -0.4 is 5.32 Å². The lowest BCUT2D eigenvalue weighted by Crippen LogP contribution is -2.52. The van der Waals surface area contributed by atoms with E-state index in [4.69, 9.17) is 4.52 Å². The van der Waals surface area contributed by atoms with Crippen LogP contribution in [0.4, 0.5) is 8.78 Å². The molecule has 1 aliphatic rings. The summed E-state index contributed by atoms with van der Waals surface area (Å²) in [7, 11) is 0. The molecule has 0 amide bonds. The van der Waals surface area contributed by atoms with E-state index in [0.717, 1.165) is 63.1 Å². The van der Waals surface area contributed by atoms with Crippen LogP contribution in [0.2, 0.25) is 0 Å². The van der Waals surface area contributed by atoms with E-state index >= 15 is 0 Å². The summed E-state index contributed by atoms with van der Waals surface area (Å²) in [5.41, 5.74) is 1.29. The van der Waals surface area contributed by atoms with Gasteiger partial charge in [0, 0.05) is 51.9 Å². The number of nitrogens with one attached hydrogen (secondary N) is 1. The highest BCUT2D eigenvalue weighted by molar-refractivity contribution is 14.0. The molecule has 2 heterocycles. The molecule has 0 radical (unpaired) electrons. The summed E-state index contributed by atoms with van der Waals surface area (Å²) in [6.07, 6.45) is 1.95. The zero-order chi connectivity index (χ0) is 19.1. The van der Waals surface area contributed by atoms with Gasteiger partial charge >= 0.3 is 0 Å². The lowest BCUT2D eigenvalue weighted by Gasteiger charge is -2.36. The van der Waals surface area contributed by atoms with Gasteiger partial charge in [0.2, 0.25) is 0 Å². The number of aliphatic imine (C=N–C) groups is 1. The first-order chi connectivity index (χ1) is 13.2. The van der Waals surface area contributed by atoms with Crippen LogP contribution >= 0.6 is 24.0 Å². The maximum atomic E-state index is 13.7. The van der Waals surface area contributed by atoms with E-state index in [1.54, 1.807) is 6.26 Å². The molecule has 0 saturated carbocycles. The lowest BCUT2D eigenvalue weighted by molar-refractivity contribution is 0.169. The third-order valence-corrected chi connectivity index (χ3v) is 4.53. The maximum absolute atomic E-state index is 13.7. The molecule has 2 aromatic rings. The number of guanidine groups is 1. The molecular weight excluding hydrogens is 479 g/mol. The van der Waals surface area contributed by atoms with Gasteiger partial charge in [0.15, 0.2) is 5.96 Å². The Labute approximate surface area is 181 Å². The Kier molecular flexibility index (Phi) is 9.10. The minimum atomic E-state index is -0.425. The fraction of sp³-hybridized carbons (Fsp3) is 0.474. The predicted molar refractivity (Wildman–Crippen MR) is 115 cm³/mol. The second-order valence-electron chi connectivity index (χ2n) is 6.48. The van der Waals surface area contributed by atoms with E-state index in [1.165, 1.54) is 6.07 Å². The Bertz CT molecular complexity index is 749. The van der Waals surface area contributed by atoms with Crippen molar-refractivity contribution in [3.8, 4) is 0 Å². The Hall–Kier alpha value is -1.75. The second-order valence-corrected chi connectivity index (χ2v) is 6.48. The topological polar surface area (TPSA) is 56.9 Å². The average molecular weight is 505 g/mol. The van der Waals surface area contributed by atoms with Gasteiger partial charge in [-0.1, -0.05) is 5.16 Å². The standard InChI is InChI=1S/C19H25F2N5O.HI/c1-2-22-19(23-7-5-15-13-16(20)3-4-18(15)21)26-10-8-25(9-11-26)14-17-6-12-27-24-17;/h3-4,6,12-13H,2,5,7-11,14H2,1H3,(H,22,23);1H. The first-order valence-corrected chi connectivity index (χ1v) is 9.24. The van der Waals surface area contributed by atoms with Gasteiger partial charge in [-0.3, -0.25) is 9.89 Å². The summed E-state index contributed by atoms with van der Waals surface area (Å²) >= 11 is 0. The molecule has 154 valence electrons. The number of piperazine rings is 1. The molecule has 1 aromatic carbocycles. The van der Waals surface area contributed by atoms with Crippen molar-refractivity contribution in [1.82, 2.24) is 20.3 Å². The highest BCUT2D eigenvalue weighted by Crippen LogP contribution is 2.11. The highest BCUT2D eigenvalue weighted by atomic mass is 127. The van der Waals surface area contributed by atoms with E-state index in [0.29, 0.717) is 18.5 Å². The molecule has 28 heavy (non-hydrogen) atoms. The minimum Gasteiger partial charge on any atom is -0.364 e. The largest absolute Gasteiger partial charge is 0.364 e. The number of hydrogen-bond acceptors (Lipinski definition) is 4. The number of benzene rings is 1. The van der Waals surface area contributed by atoms with Crippen LogP contribution in [0.25, 0.3) is 0 Å². The van der Waals surface area contributed by atoms with Crippen molar-refractivity contribution in [3.05, 3.63) is 53.4 Å². The monoisotopic (exact) mass is 505 g/mol. The number of aromatic nitrogens is 1. The summed E-state index contributed by atoms with van der Waals surface area (Å²) in [4.78, 5) is 9.12. The second kappa shape index (κ2) is 11.3. The van der Waals surface area contributed by atoms with E-state index in [9.17, 15) is 8.78 Å². The van der Waals surface area contributed by atoms with E-state index in [-0.39, 0.29) is 24.0 Å². The molecular formula is C19H26F2IN5O. The van der Waals surface area contributed by atoms with Gasteiger partial charge in [-0.2, -0.15) is 0 Å². The Morgan fingerprint density at radius 3 is 2.68 bits per heavy atom. The quantitative estimate of drug-likeness (QED) is 0.372. The number of halogens is 3.